The molecule has 1 N–H and O–H groups in total. The Labute approximate surface area is 180 Å². The molecule has 0 bridgehead atoms. The van der Waals surface area contributed by atoms with Crippen molar-refractivity contribution in [1.29, 1.82) is 0 Å². The highest BCUT2D eigenvalue weighted by Crippen LogP contribution is 2.36. The smallest absolute Gasteiger partial charge is 0.348 e. The third-order valence-corrected chi connectivity index (χ3v) is 5.32. The number of Topliss-reactive ketones (excluding diaryl/α,β-unsaturated/α-hetero) is 1. The molecule has 1 amide bonds. The van der Waals surface area contributed by atoms with Crippen LogP contribution in [0.25, 0.3) is 0 Å². The monoisotopic (exact) mass is 455 g/mol. The summed E-state index contributed by atoms with van der Waals surface area (Å²) in [7, 11) is 0. The number of benzene rings is 2. The minimum atomic E-state index is -4.96. The minimum absolute atomic E-state index is 0.0332. The van der Waals surface area contributed by atoms with Crippen molar-refractivity contribution in [2.24, 2.45) is 5.92 Å². The second-order valence-electron chi connectivity index (χ2n) is 7.59. The third kappa shape index (κ3) is 5.20. The summed E-state index contributed by atoms with van der Waals surface area (Å²) < 4.78 is 77.9. The van der Waals surface area contributed by atoms with Crippen LogP contribution in [0.2, 0.25) is 0 Å². The number of hydrogen-bond acceptors (Lipinski definition) is 2. The molecular weight excluding hydrogens is 436 g/mol. The molecule has 2 aromatic carbocycles. The van der Waals surface area contributed by atoms with Crippen molar-refractivity contribution in [2.75, 3.05) is 0 Å². The van der Waals surface area contributed by atoms with Gasteiger partial charge in [-0.3, -0.25) is 9.59 Å². The van der Waals surface area contributed by atoms with Gasteiger partial charge in [0, 0.05) is 23.6 Å². The number of fused-ring (bicyclic) bond motifs is 1. The first-order chi connectivity index (χ1) is 14.9. The van der Waals surface area contributed by atoms with Crippen molar-refractivity contribution in [3.05, 3.63) is 82.4 Å². The zero-order chi connectivity index (χ0) is 23.7. The minimum Gasteiger partial charge on any atom is -0.348 e. The van der Waals surface area contributed by atoms with E-state index >= 15 is 0 Å². The molecule has 9 heteroatoms. The number of allylic oxidation sites excluding steroid dienone is 1. The maximum absolute atomic E-state index is 13.0. The Balaban J connectivity index is 1.78. The van der Waals surface area contributed by atoms with Crippen molar-refractivity contribution in [3.63, 3.8) is 0 Å². The van der Waals surface area contributed by atoms with Gasteiger partial charge in [-0.2, -0.15) is 26.3 Å². The highest BCUT2D eigenvalue weighted by molar-refractivity contribution is 6.02. The molecule has 1 aliphatic rings. The van der Waals surface area contributed by atoms with Gasteiger partial charge < -0.3 is 5.32 Å². The van der Waals surface area contributed by atoms with Gasteiger partial charge >= 0.3 is 12.4 Å². The lowest BCUT2D eigenvalue weighted by Gasteiger charge is -2.22. The third-order valence-electron chi connectivity index (χ3n) is 5.32. The van der Waals surface area contributed by atoms with E-state index in [4.69, 9.17) is 0 Å². The number of amides is 1. The van der Waals surface area contributed by atoms with Crippen molar-refractivity contribution in [3.8, 4) is 0 Å². The molecular formula is C23H19F6NO2. The van der Waals surface area contributed by atoms with Crippen molar-refractivity contribution in [2.45, 2.75) is 38.2 Å². The number of ketones is 1. The van der Waals surface area contributed by atoms with Gasteiger partial charge in [0.2, 0.25) is 0 Å². The predicted octanol–water partition coefficient (Wildman–Crippen LogP) is 5.98. The van der Waals surface area contributed by atoms with Crippen LogP contribution in [0.5, 0.6) is 0 Å². The molecule has 0 aromatic heterocycles. The van der Waals surface area contributed by atoms with Crippen LogP contribution in [0.4, 0.5) is 26.3 Å². The summed E-state index contributed by atoms with van der Waals surface area (Å²) >= 11 is 0. The van der Waals surface area contributed by atoms with Gasteiger partial charge in [0.05, 0.1) is 11.1 Å². The Bertz CT molecular complexity index is 1020. The number of nitrogens with one attached hydrogen (secondary N) is 1. The number of aryl methyl sites for hydroxylation is 1. The molecule has 0 heterocycles. The topological polar surface area (TPSA) is 46.2 Å². The van der Waals surface area contributed by atoms with Crippen LogP contribution >= 0.6 is 0 Å². The van der Waals surface area contributed by atoms with E-state index in [0.717, 1.165) is 0 Å². The molecule has 32 heavy (non-hydrogen) atoms. The lowest BCUT2D eigenvalue weighted by atomic mass is 9.80. The Hall–Kier alpha value is -3.10. The molecule has 0 saturated heterocycles. The Kier molecular flexibility index (Phi) is 6.48. The van der Waals surface area contributed by atoms with Crippen LogP contribution in [-0.2, 0) is 25.3 Å². The lowest BCUT2D eigenvalue weighted by molar-refractivity contribution is -0.143. The van der Waals surface area contributed by atoms with Gasteiger partial charge in [-0.15, -0.1) is 6.58 Å². The van der Waals surface area contributed by atoms with E-state index < -0.39 is 35.9 Å². The highest BCUT2D eigenvalue weighted by atomic mass is 19.4. The van der Waals surface area contributed by atoms with Crippen LogP contribution < -0.4 is 5.32 Å². The van der Waals surface area contributed by atoms with Gasteiger partial charge in [0.1, 0.15) is 0 Å². The molecule has 2 aromatic rings. The van der Waals surface area contributed by atoms with E-state index in [0.29, 0.717) is 42.5 Å². The number of carbonyl (C=O) groups is 2. The molecule has 0 fully saturated rings. The second kappa shape index (κ2) is 8.80. The van der Waals surface area contributed by atoms with Crippen LogP contribution in [0, 0.1) is 5.92 Å². The molecule has 0 saturated carbocycles. The lowest BCUT2D eigenvalue weighted by Crippen LogP contribution is -2.26. The number of carbonyl (C=O) groups excluding carboxylic acids is 2. The molecule has 1 aliphatic carbocycles. The van der Waals surface area contributed by atoms with Gasteiger partial charge in [-0.1, -0.05) is 12.1 Å². The maximum atomic E-state index is 13.0. The van der Waals surface area contributed by atoms with E-state index in [1.807, 2.05) is 0 Å². The van der Waals surface area contributed by atoms with Crippen LogP contribution in [0.15, 0.2) is 49.1 Å². The van der Waals surface area contributed by atoms with Gasteiger partial charge in [-0.05, 0) is 60.7 Å². The molecule has 3 rings (SSSR count). The number of alkyl halides is 6. The summed E-state index contributed by atoms with van der Waals surface area (Å²) in [5, 5.41) is 2.35. The molecule has 0 aliphatic heterocycles. The van der Waals surface area contributed by atoms with E-state index in [-0.39, 0.29) is 28.9 Å². The summed E-state index contributed by atoms with van der Waals surface area (Å²) in [5.41, 5.74) is -1.87. The summed E-state index contributed by atoms with van der Waals surface area (Å²) in [5.74, 6) is -0.871. The fourth-order valence-corrected chi connectivity index (χ4v) is 3.69. The first kappa shape index (κ1) is 23.6. The average molecular weight is 455 g/mol. The van der Waals surface area contributed by atoms with Crippen molar-refractivity contribution in [1.82, 2.24) is 5.32 Å². The first-order valence-corrected chi connectivity index (χ1v) is 9.74. The Morgan fingerprint density at radius 3 is 2.22 bits per heavy atom. The molecule has 1 atom stereocenters. The van der Waals surface area contributed by atoms with Crippen molar-refractivity contribution < 1.29 is 35.9 Å². The number of rotatable bonds is 5. The molecule has 3 nitrogen and oxygen atoms in total. The molecule has 170 valence electrons. The van der Waals surface area contributed by atoms with Crippen LogP contribution in [-0.4, -0.2) is 11.7 Å². The van der Waals surface area contributed by atoms with E-state index in [1.165, 1.54) is 18.2 Å². The zero-order valence-electron chi connectivity index (χ0n) is 16.7. The Morgan fingerprint density at radius 1 is 1.03 bits per heavy atom. The summed E-state index contributed by atoms with van der Waals surface area (Å²) in [4.78, 5) is 25.0. The van der Waals surface area contributed by atoms with Gasteiger partial charge in [-0.25, -0.2) is 0 Å². The largest absolute Gasteiger partial charge is 0.416 e. The van der Waals surface area contributed by atoms with Crippen molar-refractivity contribution >= 4 is 11.7 Å². The van der Waals surface area contributed by atoms with E-state index in [1.54, 1.807) is 6.08 Å². The molecule has 0 spiro atoms. The van der Waals surface area contributed by atoms with Gasteiger partial charge in [0.15, 0.2) is 5.78 Å². The average Bonchev–Trinajstić information content (AvgIpc) is 2.72. The van der Waals surface area contributed by atoms with E-state index in [9.17, 15) is 35.9 Å². The fraction of sp³-hybridized carbons (Fsp3) is 0.304. The highest BCUT2D eigenvalue weighted by Gasteiger charge is 2.37. The second-order valence-corrected chi connectivity index (χ2v) is 7.59. The maximum Gasteiger partial charge on any atom is 0.416 e. The standard InChI is InChI=1S/C23H19F6NO2/c1-2-3-14-4-5-15-10-16(6-7-19(15)20(14)31)21(32)30-12-13-8-17(22(24,25)26)11-18(9-13)23(27,28)29/h2,6-11,14H,1,3-5,12H2,(H,30,32). The summed E-state index contributed by atoms with van der Waals surface area (Å²) in [6.45, 7) is 3.11. The first-order valence-electron chi connectivity index (χ1n) is 9.74. The van der Waals surface area contributed by atoms with Crippen LogP contribution in [0.3, 0.4) is 0 Å². The number of hydrogen-bond donors (Lipinski definition) is 1. The van der Waals surface area contributed by atoms with Gasteiger partial charge in [0.25, 0.3) is 5.91 Å². The van der Waals surface area contributed by atoms with Crippen LogP contribution in [0.1, 0.15) is 55.8 Å². The predicted molar refractivity (Wildman–Crippen MR) is 105 cm³/mol. The summed E-state index contributed by atoms with van der Waals surface area (Å²) in [6, 6.07) is 5.64. The fourth-order valence-electron chi connectivity index (χ4n) is 3.69. The Morgan fingerprint density at radius 2 is 1.66 bits per heavy atom. The molecule has 0 radical (unpaired) electrons. The normalized spacial score (nSPS) is 16.4. The quantitative estimate of drug-likeness (QED) is 0.446. The number of halogens is 6. The van der Waals surface area contributed by atoms with E-state index in [2.05, 4.69) is 11.9 Å². The zero-order valence-corrected chi connectivity index (χ0v) is 16.7. The SMILES string of the molecule is C=CCC1CCc2cc(C(=O)NCc3cc(C(F)(F)F)cc(C(F)(F)F)c3)ccc2C1=O. The molecule has 1 unspecified atom stereocenters. The summed E-state index contributed by atoms with van der Waals surface area (Å²) in [6.07, 6.45) is -6.52.